The van der Waals surface area contributed by atoms with E-state index in [1.807, 2.05) is 4.90 Å². The fraction of sp³-hybridized carbons (Fsp3) is 0.500. The van der Waals surface area contributed by atoms with Gasteiger partial charge in [-0.3, -0.25) is 9.59 Å². The first-order valence-corrected chi connectivity index (χ1v) is 7.42. The zero-order chi connectivity index (χ0) is 15.2. The van der Waals surface area contributed by atoms with Gasteiger partial charge in [0.15, 0.2) is 0 Å². The summed E-state index contributed by atoms with van der Waals surface area (Å²) in [5.74, 6) is -0.0878. The van der Waals surface area contributed by atoms with Crippen molar-refractivity contribution < 1.29 is 14.7 Å². The van der Waals surface area contributed by atoms with Crippen LogP contribution in [-0.4, -0.2) is 41.0 Å². The summed E-state index contributed by atoms with van der Waals surface area (Å²) in [4.78, 5) is 26.0. The summed E-state index contributed by atoms with van der Waals surface area (Å²) in [7, 11) is 0. The Bertz CT molecular complexity index is 510. The second-order valence-electron chi connectivity index (χ2n) is 5.52. The number of likely N-dealkylation sites (tertiary alicyclic amines) is 1. The van der Waals surface area contributed by atoms with Crippen molar-refractivity contribution >= 4 is 11.8 Å². The maximum Gasteiger partial charge on any atom is 0.244 e. The highest BCUT2D eigenvalue weighted by molar-refractivity contribution is 5.88. The van der Waals surface area contributed by atoms with E-state index in [0.29, 0.717) is 0 Å². The average molecular weight is 290 g/mol. The first-order chi connectivity index (χ1) is 10.1. The Hall–Kier alpha value is -2.04. The number of nitrogens with one attached hydrogen (secondary N) is 1. The second-order valence-corrected chi connectivity index (χ2v) is 5.52. The predicted molar refractivity (Wildman–Crippen MR) is 79.8 cm³/mol. The van der Waals surface area contributed by atoms with E-state index >= 15 is 0 Å². The molecule has 1 saturated heterocycles. The minimum absolute atomic E-state index is 0.0149. The third kappa shape index (κ3) is 4.48. The van der Waals surface area contributed by atoms with Crippen LogP contribution in [-0.2, 0) is 16.0 Å². The number of aromatic hydroxyl groups is 1. The largest absolute Gasteiger partial charge is 0.508 e. The van der Waals surface area contributed by atoms with E-state index in [9.17, 15) is 14.7 Å². The Morgan fingerprint density at radius 1 is 1.29 bits per heavy atom. The lowest BCUT2D eigenvalue weighted by Crippen LogP contribution is -2.48. The predicted octanol–water partition coefficient (Wildman–Crippen LogP) is 1.45. The van der Waals surface area contributed by atoms with Gasteiger partial charge >= 0.3 is 0 Å². The van der Waals surface area contributed by atoms with Gasteiger partial charge in [0.1, 0.15) is 11.8 Å². The molecule has 1 heterocycles. The molecule has 0 aromatic heterocycles. The molecule has 1 aromatic rings. The van der Waals surface area contributed by atoms with Gasteiger partial charge < -0.3 is 15.3 Å². The molecule has 2 amide bonds. The van der Waals surface area contributed by atoms with Crippen LogP contribution in [0.4, 0.5) is 0 Å². The number of phenolic OH excluding ortho intramolecular Hbond substituents is 1. The standard InChI is InChI=1S/C16H22N2O3/c1-12(16(21)18-8-3-2-4-9-18)17-15(20)11-13-6-5-7-14(19)10-13/h5-7,10,12,19H,2-4,8-9,11H2,1H3,(H,17,20). The maximum atomic E-state index is 12.2. The summed E-state index contributed by atoms with van der Waals surface area (Å²) in [6.07, 6.45) is 3.40. The lowest BCUT2D eigenvalue weighted by atomic mass is 10.1. The van der Waals surface area contributed by atoms with Crippen LogP contribution in [0.5, 0.6) is 5.75 Å². The van der Waals surface area contributed by atoms with Gasteiger partial charge in [0, 0.05) is 13.1 Å². The molecule has 1 fully saturated rings. The van der Waals surface area contributed by atoms with Gasteiger partial charge in [-0.15, -0.1) is 0 Å². The number of carbonyl (C=O) groups is 2. The number of benzene rings is 1. The first-order valence-electron chi connectivity index (χ1n) is 7.42. The molecule has 0 saturated carbocycles. The molecule has 0 bridgehead atoms. The SMILES string of the molecule is CC(NC(=O)Cc1cccc(O)c1)C(=O)N1CCCCC1. The number of phenols is 1. The Morgan fingerprint density at radius 2 is 2.00 bits per heavy atom. The molecule has 0 aliphatic carbocycles. The van der Waals surface area contributed by atoms with Crippen molar-refractivity contribution in [1.82, 2.24) is 10.2 Å². The number of hydrogen-bond acceptors (Lipinski definition) is 3. The maximum absolute atomic E-state index is 12.2. The average Bonchev–Trinajstić information content (AvgIpc) is 2.47. The molecule has 1 unspecified atom stereocenters. The van der Waals surface area contributed by atoms with Gasteiger partial charge in [-0.1, -0.05) is 12.1 Å². The van der Waals surface area contributed by atoms with E-state index in [2.05, 4.69) is 5.32 Å². The summed E-state index contributed by atoms with van der Waals surface area (Å²) in [5, 5.41) is 12.1. The van der Waals surface area contributed by atoms with Gasteiger partial charge in [-0.05, 0) is 43.9 Å². The van der Waals surface area contributed by atoms with Gasteiger partial charge in [0.05, 0.1) is 6.42 Å². The smallest absolute Gasteiger partial charge is 0.244 e. The Labute approximate surface area is 125 Å². The van der Waals surface area contributed by atoms with Crippen LogP contribution in [0.15, 0.2) is 24.3 Å². The zero-order valence-corrected chi connectivity index (χ0v) is 12.3. The van der Waals surface area contributed by atoms with Crippen LogP contribution >= 0.6 is 0 Å². The zero-order valence-electron chi connectivity index (χ0n) is 12.3. The summed E-state index contributed by atoms with van der Waals surface area (Å²) in [6, 6.07) is 6.07. The van der Waals surface area contributed by atoms with Crippen molar-refractivity contribution in [3.63, 3.8) is 0 Å². The van der Waals surface area contributed by atoms with Gasteiger partial charge in [-0.25, -0.2) is 0 Å². The van der Waals surface area contributed by atoms with E-state index in [0.717, 1.165) is 31.5 Å². The molecule has 1 aliphatic heterocycles. The van der Waals surface area contributed by atoms with Crippen LogP contribution in [0.3, 0.4) is 0 Å². The summed E-state index contributed by atoms with van der Waals surface area (Å²) in [6.45, 7) is 3.29. The van der Waals surface area contributed by atoms with Crippen LogP contribution in [0, 0.1) is 0 Å². The van der Waals surface area contributed by atoms with Crippen molar-refractivity contribution in [3.8, 4) is 5.75 Å². The Balaban J connectivity index is 1.85. The minimum Gasteiger partial charge on any atom is -0.508 e. The molecule has 2 N–H and O–H groups in total. The molecule has 114 valence electrons. The van der Waals surface area contributed by atoms with Crippen molar-refractivity contribution in [2.24, 2.45) is 0 Å². The van der Waals surface area contributed by atoms with Crippen LogP contribution in [0.25, 0.3) is 0 Å². The molecule has 0 spiro atoms. The molecule has 1 atom stereocenters. The summed E-state index contributed by atoms with van der Waals surface area (Å²) >= 11 is 0. The molecule has 5 nitrogen and oxygen atoms in total. The summed E-state index contributed by atoms with van der Waals surface area (Å²) < 4.78 is 0. The van der Waals surface area contributed by atoms with Crippen LogP contribution < -0.4 is 5.32 Å². The van der Waals surface area contributed by atoms with Gasteiger partial charge in [0.25, 0.3) is 0 Å². The number of amides is 2. The molecule has 5 heteroatoms. The van der Waals surface area contributed by atoms with Crippen molar-refractivity contribution in [3.05, 3.63) is 29.8 Å². The summed E-state index contributed by atoms with van der Waals surface area (Å²) in [5.41, 5.74) is 0.727. The topological polar surface area (TPSA) is 69.6 Å². The third-order valence-corrected chi connectivity index (χ3v) is 3.69. The fourth-order valence-corrected chi connectivity index (χ4v) is 2.59. The van der Waals surface area contributed by atoms with E-state index < -0.39 is 6.04 Å². The normalized spacial score (nSPS) is 16.3. The lowest BCUT2D eigenvalue weighted by Gasteiger charge is -2.29. The molecule has 1 aliphatic rings. The number of carbonyl (C=O) groups excluding carboxylic acids is 2. The highest BCUT2D eigenvalue weighted by Gasteiger charge is 2.23. The highest BCUT2D eigenvalue weighted by Crippen LogP contribution is 2.12. The lowest BCUT2D eigenvalue weighted by molar-refractivity contribution is -0.136. The monoisotopic (exact) mass is 290 g/mol. The molecule has 1 aromatic carbocycles. The van der Waals surface area contributed by atoms with E-state index in [1.165, 1.54) is 6.42 Å². The van der Waals surface area contributed by atoms with Crippen molar-refractivity contribution in [1.29, 1.82) is 0 Å². The quantitative estimate of drug-likeness (QED) is 0.882. The third-order valence-electron chi connectivity index (χ3n) is 3.69. The van der Waals surface area contributed by atoms with Gasteiger partial charge in [-0.2, -0.15) is 0 Å². The van der Waals surface area contributed by atoms with Gasteiger partial charge in [0.2, 0.25) is 11.8 Å². The first kappa shape index (κ1) is 15.4. The van der Waals surface area contributed by atoms with E-state index in [-0.39, 0.29) is 24.0 Å². The molecule has 21 heavy (non-hydrogen) atoms. The van der Waals surface area contributed by atoms with Crippen LogP contribution in [0.2, 0.25) is 0 Å². The number of nitrogens with zero attached hydrogens (tertiary/aromatic N) is 1. The number of rotatable bonds is 4. The van der Waals surface area contributed by atoms with Crippen molar-refractivity contribution in [2.45, 2.75) is 38.6 Å². The second kappa shape index (κ2) is 7.11. The van der Waals surface area contributed by atoms with E-state index in [1.54, 1.807) is 31.2 Å². The minimum atomic E-state index is -0.507. The molecular weight excluding hydrogens is 268 g/mol. The molecule has 2 rings (SSSR count). The van der Waals surface area contributed by atoms with Crippen molar-refractivity contribution in [2.75, 3.05) is 13.1 Å². The number of piperidine rings is 1. The van der Waals surface area contributed by atoms with E-state index in [4.69, 9.17) is 0 Å². The van der Waals surface area contributed by atoms with Crippen LogP contribution in [0.1, 0.15) is 31.7 Å². The Morgan fingerprint density at radius 3 is 2.67 bits per heavy atom. The fourth-order valence-electron chi connectivity index (χ4n) is 2.59. The highest BCUT2D eigenvalue weighted by atomic mass is 16.3. The molecule has 0 radical (unpaired) electrons. The Kier molecular flexibility index (Phi) is 5.20. The number of hydrogen-bond donors (Lipinski definition) is 2. The molecular formula is C16H22N2O3.